The van der Waals surface area contributed by atoms with Gasteiger partial charge in [0.25, 0.3) is 5.66 Å². The van der Waals surface area contributed by atoms with Gasteiger partial charge in [-0.2, -0.15) is 0 Å². The fourth-order valence-electron chi connectivity index (χ4n) is 3.05. The van der Waals surface area contributed by atoms with E-state index in [4.69, 9.17) is 11.3 Å². The molecule has 0 N–H and O–H groups in total. The topological polar surface area (TPSA) is 16.8 Å². The predicted octanol–water partition coefficient (Wildman–Crippen LogP) is 2.47. The van der Waals surface area contributed by atoms with Crippen molar-refractivity contribution in [2.45, 2.75) is 31.5 Å². The Labute approximate surface area is 108 Å². The molecule has 0 bridgehead atoms. The Kier molecular flexibility index (Phi) is 3.07. The van der Waals surface area contributed by atoms with Crippen LogP contribution in [0.4, 0.5) is 0 Å². The summed E-state index contributed by atoms with van der Waals surface area (Å²) in [4.78, 5) is 6.34. The minimum Gasteiger partial charge on any atom is -0.381 e. The van der Waals surface area contributed by atoms with Gasteiger partial charge in [0.15, 0.2) is 0 Å². The Morgan fingerprint density at radius 2 is 1.89 bits per heavy atom. The van der Waals surface area contributed by atoms with Crippen molar-refractivity contribution in [3.8, 4) is 0 Å². The van der Waals surface area contributed by atoms with Crippen LogP contribution in [0.2, 0.25) is 0 Å². The third kappa shape index (κ3) is 1.92. The average molecular weight is 242 g/mol. The third-order valence-electron chi connectivity index (χ3n) is 4.22. The van der Waals surface area contributed by atoms with Gasteiger partial charge in [-0.25, -0.2) is 11.5 Å². The van der Waals surface area contributed by atoms with E-state index in [0.29, 0.717) is 0 Å². The fourth-order valence-corrected chi connectivity index (χ4v) is 3.05. The first kappa shape index (κ1) is 11.7. The largest absolute Gasteiger partial charge is 0.381 e. The molecular weight excluding hydrogens is 224 g/mol. The van der Waals surface area contributed by atoms with Gasteiger partial charge in [-0.1, -0.05) is 24.3 Å². The summed E-state index contributed by atoms with van der Waals surface area (Å²) in [5.41, 5.74) is 2.52. The molecule has 1 aromatic carbocycles. The molecule has 1 fully saturated rings. The van der Waals surface area contributed by atoms with Gasteiger partial charge in [0.05, 0.1) is 26.1 Å². The van der Waals surface area contributed by atoms with Crippen LogP contribution in [0.15, 0.2) is 24.3 Å². The number of fused-ring (bicyclic) bond motifs is 1. The van der Waals surface area contributed by atoms with Crippen molar-refractivity contribution in [1.82, 2.24) is 4.90 Å². The van der Waals surface area contributed by atoms with E-state index < -0.39 is 0 Å². The molecule has 3 heteroatoms. The first-order valence-electron chi connectivity index (χ1n) is 6.62. The molecule has 2 aliphatic heterocycles. The van der Waals surface area contributed by atoms with Crippen molar-refractivity contribution in [1.29, 1.82) is 0 Å². The van der Waals surface area contributed by atoms with Gasteiger partial charge in [0.1, 0.15) is 0 Å². The van der Waals surface area contributed by atoms with Crippen LogP contribution in [0.25, 0.3) is 4.85 Å². The molecule has 18 heavy (non-hydrogen) atoms. The number of ether oxygens (including phenoxy) is 1. The van der Waals surface area contributed by atoms with Gasteiger partial charge < -0.3 is 4.74 Å². The molecule has 0 saturated carbocycles. The monoisotopic (exact) mass is 242 g/mol. The highest BCUT2D eigenvalue weighted by molar-refractivity contribution is 5.29. The lowest BCUT2D eigenvalue weighted by Crippen LogP contribution is -2.51. The lowest BCUT2D eigenvalue weighted by Gasteiger charge is -2.39. The number of hydrogen-bond donors (Lipinski definition) is 0. The predicted molar refractivity (Wildman–Crippen MR) is 69.9 cm³/mol. The van der Waals surface area contributed by atoms with E-state index in [0.717, 1.165) is 45.6 Å². The van der Waals surface area contributed by atoms with Crippen LogP contribution in [-0.4, -0.2) is 30.3 Å². The number of benzene rings is 1. The number of nitrogens with zero attached hydrogens (tertiary/aromatic N) is 2. The van der Waals surface area contributed by atoms with E-state index in [1.807, 2.05) is 0 Å². The SMILES string of the molecule is [C-]#[N+]C1(N2CCc3ccccc3C2)CCOCC1. The molecule has 94 valence electrons. The van der Waals surface area contributed by atoms with Crippen molar-refractivity contribution < 1.29 is 4.74 Å². The van der Waals surface area contributed by atoms with Crippen LogP contribution in [0.3, 0.4) is 0 Å². The van der Waals surface area contributed by atoms with Gasteiger partial charge in [-0.05, 0) is 17.5 Å². The maximum atomic E-state index is 7.59. The van der Waals surface area contributed by atoms with Crippen molar-refractivity contribution >= 4 is 0 Å². The highest BCUT2D eigenvalue weighted by Gasteiger charge is 2.45. The molecule has 2 aliphatic rings. The van der Waals surface area contributed by atoms with Crippen LogP contribution < -0.4 is 0 Å². The maximum Gasteiger partial charge on any atom is 0.293 e. The van der Waals surface area contributed by atoms with Crippen molar-refractivity contribution in [2.75, 3.05) is 19.8 Å². The Morgan fingerprint density at radius 3 is 2.61 bits per heavy atom. The normalized spacial score (nSPS) is 23.1. The van der Waals surface area contributed by atoms with E-state index in [1.54, 1.807) is 0 Å². The summed E-state index contributed by atoms with van der Waals surface area (Å²) in [6, 6.07) is 8.60. The molecular formula is C15H18N2O. The highest BCUT2D eigenvalue weighted by atomic mass is 16.5. The first-order valence-corrected chi connectivity index (χ1v) is 6.62. The minimum absolute atomic E-state index is 0.314. The van der Waals surface area contributed by atoms with E-state index in [-0.39, 0.29) is 5.66 Å². The van der Waals surface area contributed by atoms with Crippen LogP contribution in [-0.2, 0) is 17.7 Å². The highest BCUT2D eigenvalue weighted by Crippen LogP contribution is 2.33. The number of rotatable bonds is 1. The molecule has 0 atom stereocenters. The molecule has 1 aromatic rings. The molecule has 3 rings (SSSR count). The average Bonchev–Trinajstić information content (AvgIpc) is 2.47. The van der Waals surface area contributed by atoms with E-state index in [9.17, 15) is 0 Å². The van der Waals surface area contributed by atoms with Gasteiger partial charge in [0, 0.05) is 13.1 Å². The first-order chi connectivity index (χ1) is 8.84. The summed E-state index contributed by atoms with van der Waals surface area (Å²) >= 11 is 0. The van der Waals surface area contributed by atoms with Crippen LogP contribution in [0, 0.1) is 6.57 Å². The van der Waals surface area contributed by atoms with Crippen LogP contribution in [0.5, 0.6) is 0 Å². The van der Waals surface area contributed by atoms with Crippen molar-refractivity contribution in [3.63, 3.8) is 0 Å². The van der Waals surface area contributed by atoms with E-state index in [1.165, 1.54) is 11.1 Å². The van der Waals surface area contributed by atoms with Gasteiger partial charge in [-0.3, -0.25) is 4.85 Å². The minimum atomic E-state index is -0.314. The van der Waals surface area contributed by atoms with Gasteiger partial charge in [-0.15, -0.1) is 0 Å². The molecule has 3 nitrogen and oxygen atoms in total. The lowest BCUT2D eigenvalue weighted by molar-refractivity contribution is -0.0107. The van der Waals surface area contributed by atoms with Crippen LogP contribution in [0.1, 0.15) is 24.0 Å². The molecule has 0 spiro atoms. The maximum absolute atomic E-state index is 7.59. The number of hydrogen-bond acceptors (Lipinski definition) is 2. The molecule has 1 saturated heterocycles. The summed E-state index contributed by atoms with van der Waals surface area (Å²) in [5, 5.41) is 0. The summed E-state index contributed by atoms with van der Waals surface area (Å²) in [6.07, 6.45) is 2.76. The zero-order valence-corrected chi connectivity index (χ0v) is 10.6. The Morgan fingerprint density at radius 1 is 1.17 bits per heavy atom. The molecule has 0 amide bonds. The van der Waals surface area contributed by atoms with E-state index in [2.05, 4.69) is 34.0 Å². The Bertz CT molecular complexity index is 472. The zero-order chi connectivity index (χ0) is 12.4. The summed E-state index contributed by atoms with van der Waals surface area (Å²) in [7, 11) is 0. The van der Waals surface area contributed by atoms with Crippen LogP contribution >= 0.6 is 0 Å². The fraction of sp³-hybridized carbons (Fsp3) is 0.533. The molecule has 0 aliphatic carbocycles. The molecule has 0 radical (unpaired) electrons. The Balaban J connectivity index is 1.84. The van der Waals surface area contributed by atoms with Gasteiger partial charge >= 0.3 is 0 Å². The van der Waals surface area contributed by atoms with Gasteiger partial charge in [0.2, 0.25) is 0 Å². The second-order valence-electron chi connectivity index (χ2n) is 5.15. The lowest BCUT2D eigenvalue weighted by atomic mass is 9.93. The molecule has 0 aromatic heterocycles. The Hall–Kier alpha value is -1.37. The smallest absolute Gasteiger partial charge is 0.293 e. The molecule has 0 unspecified atom stereocenters. The second kappa shape index (κ2) is 4.72. The van der Waals surface area contributed by atoms with Crippen molar-refractivity contribution in [3.05, 3.63) is 46.8 Å². The third-order valence-corrected chi connectivity index (χ3v) is 4.22. The quantitative estimate of drug-likeness (QED) is 0.704. The van der Waals surface area contributed by atoms with Crippen molar-refractivity contribution in [2.24, 2.45) is 0 Å². The summed E-state index contributed by atoms with van der Waals surface area (Å²) < 4.78 is 5.42. The second-order valence-corrected chi connectivity index (χ2v) is 5.15. The molecule has 2 heterocycles. The zero-order valence-electron chi connectivity index (χ0n) is 10.6. The standard InChI is InChI=1S/C15H18N2O/c1-16-15(7-10-18-11-8-15)17-9-6-13-4-2-3-5-14(13)12-17/h2-5H,6-12H2. The summed E-state index contributed by atoms with van der Waals surface area (Å²) in [6.45, 7) is 11.0. The van der Waals surface area contributed by atoms with E-state index >= 15 is 0 Å². The summed E-state index contributed by atoms with van der Waals surface area (Å²) in [5.74, 6) is 0.